The zero-order chi connectivity index (χ0) is 14.8. The van der Waals surface area contributed by atoms with Crippen LogP contribution in [0.4, 0.5) is 0 Å². The first kappa shape index (κ1) is 15.6. The first-order valence-corrected chi connectivity index (χ1v) is 7.57. The van der Waals surface area contributed by atoms with E-state index in [9.17, 15) is 8.42 Å². The van der Waals surface area contributed by atoms with Gasteiger partial charge < -0.3 is 10.3 Å². The van der Waals surface area contributed by atoms with Crippen LogP contribution >= 0.6 is 0 Å². The zero-order valence-electron chi connectivity index (χ0n) is 11.7. The molecular formula is C11H21N5O2S. The fraction of sp³-hybridized carbons (Fsp3) is 0.636. The highest BCUT2D eigenvalue weighted by Crippen LogP contribution is 2.15. The molecular weight excluding hydrogens is 266 g/mol. The van der Waals surface area contributed by atoms with Gasteiger partial charge in [0.25, 0.3) is 10.0 Å². The van der Waals surface area contributed by atoms with Crippen molar-refractivity contribution < 1.29 is 8.42 Å². The Labute approximate surface area is 113 Å². The summed E-state index contributed by atoms with van der Waals surface area (Å²) in [4.78, 5) is 4.03. The smallest absolute Gasteiger partial charge is 0.260 e. The second-order valence-corrected chi connectivity index (χ2v) is 6.25. The van der Waals surface area contributed by atoms with E-state index in [1.165, 1.54) is 6.20 Å². The highest BCUT2D eigenvalue weighted by molar-refractivity contribution is 7.89. The standard InChI is InChI=1S/C11H21N5O2S/c1-5-11(4,10(12)13)15-19(17,18)9-7-16(6-2)8(3)14-9/h7,15H,5-6H2,1-4H3,(H3,12,13). The number of nitrogens with two attached hydrogens (primary N) is 1. The summed E-state index contributed by atoms with van der Waals surface area (Å²) in [5.74, 6) is 0.411. The minimum Gasteiger partial charge on any atom is -0.386 e. The molecule has 7 nitrogen and oxygen atoms in total. The van der Waals surface area contributed by atoms with Gasteiger partial charge in [-0.05, 0) is 27.2 Å². The molecule has 1 unspecified atom stereocenters. The third-order valence-corrected chi connectivity index (χ3v) is 4.70. The molecule has 108 valence electrons. The highest BCUT2D eigenvalue weighted by Gasteiger charge is 2.33. The third kappa shape index (κ3) is 3.13. The molecule has 1 heterocycles. The summed E-state index contributed by atoms with van der Waals surface area (Å²) in [5.41, 5.74) is 4.36. The highest BCUT2D eigenvalue weighted by atomic mass is 32.2. The molecule has 0 bridgehead atoms. The van der Waals surface area contributed by atoms with Gasteiger partial charge in [0, 0.05) is 12.7 Å². The summed E-state index contributed by atoms with van der Waals surface area (Å²) in [5, 5.41) is 7.45. The number of amidine groups is 1. The van der Waals surface area contributed by atoms with E-state index in [1.807, 2.05) is 6.92 Å². The first-order valence-electron chi connectivity index (χ1n) is 6.08. The predicted molar refractivity (Wildman–Crippen MR) is 73.6 cm³/mol. The average molecular weight is 287 g/mol. The largest absolute Gasteiger partial charge is 0.386 e. The fourth-order valence-corrected chi connectivity index (χ4v) is 3.07. The van der Waals surface area contributed by atoms with Gasteiger partial charge in [-0.2, -0.15) is 4.72 Å². The lowest BCUT2D eigenvalue weighted by atomic mass is 10.00. The lowest BCUT2D eigenvalue weighted by Gasteiger charge is -2.27. The van der Waals surface area contributed by atoms with Crippen LogP contribution in [0.15, 0.2) is 11.2 Å². The number of nitrogens with zero attached hydrogens (tertiary/aromatic N) is 2. The van der Waals surface area contributed by atoms with E-state index in [-0.39, 0.29) is 10.9 Å². The molecule has 0 saturated carbocycles. The summed E-state index contributed by atoms with van der Waals surface area (Å²) in [7, 11) is -3.79. The third-order valence-electron chi connectivity index (χ3n) is 3.23. The molecule has 8 heteroatoms. The molecule has 0 fully saturated rings. The summed E-state index contributed by atoms with van der Waals surface area (Å²) in [6.07, 6.45) is 1.86. The van der Waals surface area contributed by atoms with Gasteiger partial charge in [0.05, 0.1) is 5.54 Å². The molecule has 0 aliphatic rings. The van der Waals surface area contributed by atoms with Crippen LogP contribution in [0.1, 0.15) is 33.0 Å². The van der Waals surface area contributed by atoms with Gasteiger partial charge in [0.1, 0.15) is 11.7 Å². The molecule has 4 N–H and O–H groups in total. The number of imidazole rings is 1. The quantitative estimate of drug-likeness (QED) is 0.525. The van der Waals surface area contributed by atoms with E-state index in [0.29, 0.717) is 18.8 Å². The predicted octanol–water partition coefficient (Wildman–Crippen LogP) is 0.594. The Morgan fingerprint density at radius 3 is 2.53 bits per heavy atom. The van der Waals surface area contributed by atoms with E-state index in [2.05, 4.69) is 9.71 Å². The van der Waals surface area contributed by atoms with Crippen LogP contribution < -0.4 is 10.5 Å². The molecule has 0 radical (unpaired) electrons. The average Bonchev–Trinajstić information content (AvgIpc) is 2.70. The molecule has 0 aromatic carbocycles. The van der Waals surface area contributed by atoms with Crippen LogP contribution in [0, 0.1) is 12.3 Å². The number of sulfonamides is 1. The van der Waals surface area contributed by atoms with E-state index in [0.717, 1.165) is 0 Å². The maximum absolute atomic E-state index is 12.3. The normalized spacial score (nSPS) is 15.2. The van der Waals surface area contributed by atoms with Crippen molar-refractivity contribution in [1.82, 2.24) is 14.3 Å². The molecule has 0 amide bonds. The summed E-state index contributed by atoms with van der Waals surface area (Å²) in [6.45, 7) is 7.64. The lowest BCUT2D eigenvalue weighted by Crippen LogP contribution is -2.54. The van der Waals surface area contributed by atoms with Crippen molar-refractivity contribution in [2.24, 2.45) is 5.73 Å². The topological polar surface area (TPSA) is 114 Å². The maximum Gasteiger partial charge on any atom is 0.260 e. The van der Waals surface area contributed by atoms with Crippen LogP contribution in [0.3, 0.4) is 0 Å². The minimum atomic E-state index is -3.79. The minimum absolute atomic E-state index is 0.0484. The van der Waals surface area contributed by atoms with E-state index >= 15 is 0 Å². The van der Waals surface area contributed by atoms with Gasteiger partial charge in [0.15, 0.2) is 5.03 Å². The van der Waals surface area contributed by atoms with Gasteiger partial charge in [-0.1, -0.05) is 6.92 Å². The Balaban J connectivity index is 3.14. The van der Waals surface area contributed by atoms with E-state index in [4.69, 9.17) is 11.1 Å². The van der Waals surface area contributed by atoms with Crippen LogP contribution in [0.25, 0.3) is 0 Å². The van der Waals surface area contributed by atoms with Crippen molar-refractivity contribution in [1.29, 1.82) is 5.41 Å². The van der Waals surface area contributed by atoms with Gasteiger partial charge in [-0.3, -0.25) is 5.41 Å². The van der Waals surface area contributed by atoms with Crippen LogP contribution in [0.5, 0.6) is 0 Å². The molecule has 1 atom stereocenters. The van der Waals surface area contributed by atoms with Gasteiger partial charge >= 0.3 is 0 Å². The van der Waals surface area contributed by atoms with Crippen LogP contribution in [-0.4, -0.2) is 29.3 Å². The van der Waals surface area contributed by atoms with Crippen LogP contribution in [0.2, 0.25) is 0 Å². The number of hydrogen-bond donors (Lipinski definition) is 3. The summed E-state index contributed by atoms with van der Waals surface area (Å²) >= 11 is 0. The monoisotopic (exact) mass is 287 g/mol. The van der Waals surface area contributed by atoms with Gasteiger partial charge in [-0.25, -0.2) is 13.4 Å². The molecule has 1 aromatic rings. The number of aromatic nitrogens is 2. The second-order valence-electron chi connectivity index (χ2n) is 4.62. The number of rotatable bonds is 6. The van der Waals surface area contributed by atoms with Crippen LogP contribution in [-0.2, 0) is 16.6 Å². The van der Waals surface area contributed by atoms with E-state index in [1.54, 1.807) is 25.3 Å². The molecule has 1 aromatic heterocycles. The molecule has 1 rings (SSSR count). The van der Waals surface area contributed by atoms with Crippen molar-refractivity contribution in [3.8, 4) is 0 Å². The zero-order valence-corrected chi connectivity index (χ0v) is 12.5. The fourth-order valence-electron chi connectivity index (χ4n) is 1.60. The Morgan fingerprint density at radius 1 is 1.58 bits per heavy atom. The Morgan fingerprint density at radius 2 is 2.16 bits per heavy atom. The lowest BCUT2D eigenvalue weighted by molar-refractivity contribution is 0.503. The number of aryl methyl sites for hydroxylation is 2. The van der Waals surface area contributed by atoms with Crippen molar-refractivity contribution in [2.75, 3.05) is 0 Å². The molecule has 0 aliphatic carbocycles. The molecule has 0 spiro atoms. The number of nitrogens with one attached hydrogen (secondary N) is 2. The van der Waals surface area contributed by atoms with Crippen molar-refractivity contribution in [2.45, 2.75) is 51.2 Å². The number of hydrogen-bond acceptors (Lipinski definition) is 4. The SMILES string of the molecule is CCn1cc(S(=O)(=O)NC(C)(CC)C(=N)N)nc1C. The Bertz CT molecular complexity index is 578. The Hall–Kier alpha value is -1.41. The maximum atomic E-state index is 12.3. The summed E-state index contributed by atoms with van der Waals surface area (Å²) < 4.78 is 28.7. The molecule has 19 heavy (non-hydrogen) atoms. The van der Waals surface area contributed by atoms with Crippen molar-refractivity contribution >= 4 is 15.9 Å². The second kappa shape index (κ2) is 5.30. The molecule has 0 aliphatic heterocycles. The van der Waals surface area contributed by atoms with Gasteiger partial charge in [-0.15, -0.1) is 0 Å². The van der Waals surface area contributed by atoms with Crippen molar-refractivity contribution in [3.63, 3.8) is 0 Å². The first-order chi connectivity index (χ1) is 8.66. The van der Waals surface area contributed by atoms with Crippen molar-refractivity contribution in [3.05, 3.63) is 12.0 Å². The van der Waals surface area contributed by atoms with Gasteiger partial charge in [0.2, 0.25) is 0 Å². The molecule has 0 saturated heterocycles. The Kier molecular flexibility index (Phi) is 4.36. The van der Waals surface area contributed by atoms with E-state index < -0.39 is 15.6 Å². The summed E-state index contributed by atoms with van der Waals surface area (Å²) in [6, 6.07) is 0.